The summed E-state index contributed by atoms with van der Waals surface area (Å²) in [7, 11) is 0. The molecule has 2 heterocycles. The minimum absolute atomic E-state index is 0. The highest BCUT2D eigenvalue weighted by molar-refractivity contribution is 6.06. The van der Waals surface area contributed by atoms with Crippen molar-refractivity contribution in [3.63, 3.8) is 0 Å². The second-order valence-electron chi connectivity index (χ2n) is 7.85. The topological polar surface area (TPSA) is 85.8 Å². The van der Waals surface area contributed by atoms with E-state index in [1.807, 2.05) is 24.6 Å². The Kier molecular flexibility index (Phi) is 7.07. The largest absolute Gasteiger partial charge is 0.348 e. The Morgan fingerprint density at radius 3 is 2.50 bits per heavy atom. The van der Waals surface area contributed by atoms with Crippen LogP contribution in [0.25, 0.3) is 11.0 Å². The van der Waals surface area contributed by atoms with Gasteiger partial charge >= 0.3 is 0 Å². The van der Waals surface area contributed by atoms with Crippen LogP contribution in [0.1, 0.15) is 68.2 Å². The summed E-state index contributed by atoms with van der Waals surface area (Å²) in [6, 6.07) is 1.88. The number of amides is 1. The smallest absolute Gasteiger partial charge is 0.252 e. The van der Waals surface area contributed by atoms with Crippen LogP contribution >= 0.6 is 24.8 Å². The lowest BCUT2D eigenvalue weighted by Gasteiger charge is -2.20. The Bertz CT molecular complexity index is 793. The van der Waals surface area contributed by atoms with Crippen LogP contribution in [0.15, 0.2) is 6.07 Å². The van der Waals surface area contributed by atoms with Gasteiger partial charge in [-0.2, -0.15) is 5.10 Å². The highest BCUT2D eigenvalue weighted by Gasteiger charge is 2.30. The van der Waals surface area contributed by atoms with Crippen molar-refractivity contribution in [3.05, 3.63) is 23.0 Å². The molecule has 1 amide bonds. The molecule has 3 rings (SSSR count). The van der Waals surface area contributed by atoms with Gasteiger partial charge < -0.3 is 11.1 Å². The van der Waals surface area contributed by atoms with E-state index in [0.29, 0.717) is 18.0 Å². The van der Waals surface area contributed by atoms with E-state index in [1.54, 1.807) is 0 Å². The quantitative estimate of drug-likeness (QED) is 0.822. The van der Waals surface area contributed by atoms with Crippen LogP contribution < -0.4 is 11.1 Å². The predicted octanol–water partition coefficient (Wildman–Crippen LogP) is 3.29. The molecule has 1 aliphatic carbocycles. The third-order valence-electron chi connectivity index (χ3n) is 4.44. The Labute approximate surface area is 167 Å². The molecule has 1 atom stereocenters. The van der Waals surface area contributed by atoms with Gasteiger partial charge in [0.05, 0.1) is 22.2 Å². The molecule has 2 aromatic rings. The maximum atomic E-state index is 12.8. The normalized spacial score (nSPS) is 15.2. The number of pyridine rings is 1. The number of carbonyl (C=O) groups is 1. The van der Waals surface area contributed by atoms with Gasteiger partial charge in [-0.1, -0.05) is 0 Å². The number of hydrogen-bond donors (Lipinski definition) is 2. The molecule has 6 nitrogen and oxygen atoms in total. The zero-order valence-corrected chi connectivity index (χ0v) is 17.6. The molecule has 1 saturated carbocycles. The lowest BCUT2D eigenvalue weighted by molar-refractivity contribution is 0.0942. The van der Waals surface area contributed by atoms with Gasteiger partial charge in [0, 0.05) is 24.2 Å². The fourth-order valence-corrected chi connectivity index (χ4v) is 2.90. The molecule has 2 aromatic heterocycles. The zero-order chi connectivity index (χ0) is 17.6. The van der Waals surface area contributed by atoms with E-state index in [2.05, 4.69) is 31.2 Å². The number of rotatable bonds is 4. The summed E-state index contributed by atoms with van der Waals surface area (Å²) >= 11 is 0. The van der Waals surface area contributed by atoms with E-state index in [9.17, 15) is 4.79 Å². The number of nitrogens with two attached hydrogens (primary N) is 1. The fraction of sp³-hybridized carbons (Fsp3) is 0.611. The van der Waals surface area contributed by atoms with Crippen LogP contribution in [-0.2, 0) is 5.54 Å². The monoisotopic (exact) mass is 401 g/mol. The predicted molar refractivity (Wildman–Crippen MR) is 110 cm³/mol. The summed E-state index contributed by atoms with van der Waals surface area (Å²) in [6.45, 7) is 10.5. The van der Waals surface area contributed by atoms with Gasteiger partial charge in [0.2, 0.25) is 0 Å². The summed E-state index contributed by atoms with van der Waals surface area (Å²) < 4.78 is 1.94. The first-order valence-electron chi connectivity index (χ1n) is 8.64. The van der Waals surface area contributed by atoms with E-state index in [4.69, 9.17) is 10.7 Å². The van der Waals surface area contributed by atoms with Crippen molar-refractivity contribution in [2.24, 2.45) is 5.73 Å². The van der Waals surface area contributed by atoms with Gasteiger partial charge in [-0.15, -0.1) is 24.8 Å². The lowest BCUT2D eigenvalue weighted by atomic mass is 10.1. The first-order chi connectivity index (χ1) is 11.2. The number of carbonyl (C=O) groups excluding carboxylic acids is 1. The van der Waals surface area contributed by atoms with Gasteiger partial charge in [0.1, 0.15) is 0 Å². The first-order valence-corrected chi connectivity index (χ1v) is 8.64. The van der Waals surface area contributed by atoms with Gasteiger partial charge in [0.15, 0.2) is 5.65 Å². The molecule has 0 bridgehead atoms. The first kappa shape index (κ1) is 22.7. The Morgan fingerprint density at radius 1 is 1.38 bits per heavy atom. The highest BCUT2D eigenvalue weighted by Crippen LogP contribution is 2.40. The van der Waals surface area contributed by atoms with Crippen molar-refractivity contribution in [2.45, 2.75) is 65.0 Å². The summed E-state index contributed by atoms with van der Waals surface area (Å²) in [4.78, 5) is 17.7. The molecule has 1 fully saturated rings. The minimum atomic E-state index is -0.194. The average Bonchev–Trinajstić information content (AvgIpc) is 3.29. The molecule has 3 N–H and O–H groups in total. The Hall–Kier alpha value is -1.37. The van der Waals surface area contributed by atoms with E-state index >= 15 is 0 Å². The fourth-order valence-electron chi connectivity index (χ4n) is 2.90. The van der Waals surface area contributed by atoms with Crippen LogP contribution in [0.5, 0.6) is 0 Å². The number of nitrogens with zero attached hydrogens (tertiary/aromatic N) is 3. The number of aryl methyl sites for hydroxylation is 1. The molecule has 26 heavy (non-hydrogen) atoms. The molecule has 0 saturated heterocycles. The maximum Gasteiger partial charge on any atom is 0.252 e. The SMILES string of the molecule is Cc1nn(C(C)(C)C)c2nc(C3CC3)cc(C(=O)N[C@@H](C)CN)c12.Cl.Cl. The molecular formula is C18H29Cl2N5O. The van der Waals surface area contributed by atoms with Crippen molar-refractivity contribution in [2.75, 3.05) is 6.54 Å². The van der Waals surface area contributed by atoms with Crippen LogP contribution in [0.3, 0.4) is 0 Å². The number of aromatic nitrogens is 3. The van der Waals surface area contributed by atoms with Crippen molar-refractivity contribution < 1.29 is 4.79 Å². The molecule has 1 aliphatic rings. The van der Waals surface area contributed by atoms with Crippen molar-refractivity contribution in [1.29, 1.82) is 0 Å². The van der Waals surface area contributed by atoms with E-state index < -0.39 is 0 Å². The molecule has 146 valence electrons. The van der Waals surface area contributed by atoms with Crippen molar-refractivity contribution in [1.82, 2.24) is 20.1 Å². The van der Waals surface area contributed by atoms with Crippen LogP contribution in [0, 0.1) is 6.92 Å². The third-order valence-corrected chi connectivity index (χ3v) is 4.44. The van der Waals surface area contributed by atoms with E-state index in [1.165, 1.54) is 0 Å². The number of fused-ring (bicyclic) bond motifs is 1. The van der Waals surface area contributed by atoms with E-state index in [0.717, 1.165) is 35.3 Å². The standard InChI is InChI=1S/C18H27N5O.2ClH/c1-10(9-19)20-17(24)13-8-14(12-6-7-12)21-16-15(13)11(2)22-23(16)18(3,4)5;;/h8,10,12H,6-7,9,19H2,1-5H3,(H,20,24);2*1H/t10-;;/m0../s1. The Morgan fingerprint density at radius 2 is 2.00 bits per heavy atom. The molecule has 0 unspecified atom stereocenters. The molecule has 0 radical (unpaired) electrons. The minimum Gasteiger partial charge on any atom is -0.348 e. The van der Waals surface area contributed by atoms with Crippen LogP contribution in [-0.4, -0.2) is 33.3 Å². The van der Waals surface area contributed by atoms with Gasteiger partial charge in [0.25, 0.3) is 5.91 Å². The molecule has 0 aliphatic heterocycles. The average molecular weight is 402 g/mol. The number of hydrogen-bond acceptors (Lipinski definition) is 4. The van der Waals surface area contributed by atoms with Crippen LogP contribution in [0.4, 0.5) is 0 Å². The molecule has 0 aromatic carbocycles. The number of nitrogens with one attached hydrogen (secondary N) is 1. The van der Waals surface area contributed by atoms with Crippen LogP contribution in [0.2, 0.25) is 0 Å². The van der Waals surface area contributed by atoms with Gasteiger partial charge in [-0.3, -0.25) is 4.79 Å². The van der Waals surface area contributed by atoms with Crippen molar-refractivity contribution in [3.8, 4) is 0 Å². The van der Waals surface area contributed by atoms with Gasteiger partial charge in [-0.05, 0) is 53.5 Å². The molecule has 8 heteroatoms. The third kappa shape index (κ3) is 4.30. The second kappa shape index (κ2) is 8.11. The summed E-state index contributed by atoms with van der Waals surface area (Å²) in [5.74, 6) is 0.371. The lowest BCUT2D eigenvalue weighted by Crippen LogP contribution is -2.38. The summed E-state index contributed by atoms with van der Waals surface area (Å²) in [5.41, 5.74) is 8.75. The van der Waals surface area contributed by atoms with E-state index in [-0.39, 0.29) is 42.3 Å². The van der Waals surface area contributed by atoms with Crippen molar-refractivity contribution >= 4 is 41.8 Å². The maximum absolute atomic E-state index is 12.8. The summed E-state index contributed by atoms with van der Waals surface area (Å²) in [6.07, 6.45) is 2.28. The zero-order valence-electron chi connectivity index (χ0n) is 16.0. The molecular weight excluding hydrogens is 373 g/mol. The second-order valence-corrected chi connectivity index (χ2v) is 7.85. The highest BCUT2D eigenvalue weighted by atomic mass is 35.5. The molecule has 0 spiro atoms. The summed E-state index contributed by atoms with van der Waals surface area (Å²) in [5, 5.41) is 8.49. The number of halogens is 2. The van der Waals surface area contributed by atoms with Gasteiger partial charge in [-0.25, -0.2) is 9.67 Å². The Balaban J connectivity index is 0.00000169.